The first kappa shape index (κ1) is 13.2. The van der Waals surface area contributed by atoms with Gasteiger partial charge in [0.1, 0.15) is 6.33 Å². The van der Waals surface area contributed by atoms with E-state index in [4.69, 9.17) is 0 Å². The molecule has 1 aromatic carbocycles. The zero-order valence-electron chi connectivity index (χ0n) is 10.4. The van der Waals surface area contributed by atoms with Crippen LogP contribution in [0.1, 0.15) is 5.69 Å². The van der Waals surface area contributed by atoms with Crippen molar-refractivity contribution in [2.75, 3.05) is 6.54 Å². The second-order valence-corrected chi connectivity index (χ2v) is 6.77. The fraction of sp³-hybridized carbons (Fsp3) is 0.167. The molecule has 0 radical (unpaired) electrons. The molecule has 0 atom stereocenters. The van der Waals surface area contributed by atoms with Crippen LogP contribution in [0.3, 0.4) is 0 Å². The van der Waals surface area contributed by atoms with E-state index in [2.05, 4.69) is 14.9 Å². The first-order chi connectivity index (χ1) is 9.67. The Morgan fingerprint density at radius 2 is 2.05 bits per heavy atom. The molecule has 2 aromatic heterocycles. The van der Waals surface area contributed by atoms with Crippen molar-refractivity contribution < 1.29 is 8.42 Å². The lowest BCUT2D eigenvalue weighted by Crippen LogP contribution is -2.26. The molecule has 0 bridgehead atoms. The minimum absolute atomic E-state index is 0.278. The molecule has 0 aliphatic rings. The van der Waals surface area contributed by atoms with Gasteiger partial charge in [-0.2, -0.15) is 0 Å². The highest BCUT2D eigenvalue weighted by molar-refractivity contribution is 7.89. The smallest absolute Gasteiger partial charge is 0.240 e. The molecule has 20 heavy (non-hydrogen) atoms. The highest BCUT2D eigenvalue weighted by Crippen LogP contribution is 2.14. The average Bonchev–Trinajstić information content (AvgIpc) is 3.04. The van der Waals surface area contributed by atoms with E-state index in [0.717, 1.165) is 10.7 Å². The second kappa shape index (κ2) is 5.31. The first-order valence-corrected chi connectivity index (χ1v) is 8.34. The molecule has 6 nitrogen and oxygen atoms in total. The van der Waals surface area contributed by atoms with E-state index in [9.17, 15) is 8.42 Å². The Hall–Kier alpha value is -1.77. The third-order valence-corrected chi connectivity index (χ3v) is 5.21. The lowest BCUT2D eigenvalue weighted by atomic mass is 10.3. The minimum Gasteiger partial charge on any atom is -0.276 e. The van der Waals surface area contributed by atoms with Crippen LogP contribution in [0.15, 0.2) is 46.9 Å². The monoisotopic (exact) mass is 308 g/mol. The average molecular weight is 308 g/mol. The SMILES string of the molecule is O=S(=O)(NCCc1csc2nncn12)c1ccccc1. The predicted octanol–water partition coefficient (Wildman–Crippen LogP) is 1.31. The maximum absolute atomic E-state index is 12.0. The van der Waals surface area contributed by atoms with Gasteiger partial charge in [-0.1, -0.05) is 18.2 Å². The number of fused-ring (bicyclic) bond motifs is 1. The quantitative estimate of drug-likeness (QED) is 0.771. The van der Waals surface area contributed by atoms with E-state index in [0.29, 0.717) is 13.0 Å². The summed E-state index contributed by atoms with van der Waals surface area (Å²) >= 11 is 1.49. The molecule has 0 unspecified atom stereocenters. The highest BCUT2D eigenvalue weighted by Gasteiger charge is 2.13. The summed E-state index contributed by atoms with van der Waals surface area (Å²) < 4.78 is 28.5. The molecule has 0 amide bonds. The van der Waals surface area contributed by atoms with Crippen molar-refractivity contribution in [3.63, 3.8) is 0 Å². The van der Waals surface area contributed by atoms with Gasteiger partial charge in [-0.3, -0.25) is 4.40 Å². The molecule has 0 saturated heterocycles. The number of hydrogen-bond donors (Lipinski definition) is 1. The Labute approximate surface area is 120 Å². The van der Waals surface area contributed by atoms with Crippen LogP contribution in [0.2, 0.25) is 0 Å². The predicted molar refractivity (Wildman–Crippen MR) is 76.2 cm³/mol. The van der Waals surface area contributed by atoms with Crippen LogP contribution >= 0.6 is 11.3 Å². The van der Waals surface area contributed by atoms with Crippen LogP contribution in [0.4, 0.5) is 0 Å². The van der Waals surface area contributed by atoms with Crippen LogP contribution < -0.4 is 4.72 Å². The topological polar surface area (TPSA) is 76.4 Å². The molecular weight excluding hydrogens is 296 g/mol. The molecule has 1 N–H and O–H groups in total. The van der Waals surface area contributed by atoms with Gasteiger partial charge in [0.05, 0.1) is 4.90 Å². The zero-order chi connectivity index (χ0) is 14.0. The number of aromatic nitrogens is 3. The summed E-state index contributed by atoms with van der Waals surface area (Å²) in [5.74, 6) is 0. The van der Waals surface area contributed by atoms with Crippen LogP contribution in [-0.4, -0.2) is 29.6 Å². The third kappa shape index (κ3) is 2.58. The van der Waals surface area contributed by atoms with Crippen molar-refractivity contribution in [2.24, 2.45) is 0 Å². The van der Waals surface area contributed by atoms with Crippen molar-refractivity contribution in [1.29, 1.82) is 0 Å². The second-order valence-electron chi connectivity index (χ2n) is 4.17. The van der Waals surface area contributed by atoms with E-state index in [1.165, 1.54) is 11.3 Å². The van der Waals surface area contributed by atoms with E-state index in [1.807, 2.05) is 9.78 Å². The summed E-state index contributed by atoms with van der Waals surface area (Å²) in [5.41, 5.74) is 0.991. The van der Waals surface area contributed by atoms with Gasteiger partial charge < -0.3 is 0 Å². The number of nitrogens with one attached hydrogen (secondary N) is 1. The van der Waals surface area contributed by atoms with Crippen molar-refractivity contribution in [1.82, 2.24) is 19.3 Å². The van der Waals surface area contributed by atoms with E-state index < -0.39 is 10.0 Å². The molecule has 0 aliphatic heterocycles. The minimum atomic E-state index is -3.44. The van der Waals surface area contributed by atoms with Crippen LogP contribution in [0.25, 0.3) is 4.96 Å². The van der Waals surface area contributed by atoms with Gasteiger partial charge >= 0.3 is 0 Å². The van der Waals surface area contributed by atoms with Crippen molar-refractivity contribution in [3.8, 4) is 0 Å². The van der Waals surface area contributed by atoms with E-state index >= 15 is 0 Å². The summed E-state index contributed by atoms with van der Waals surface area (Å²) in [7, 11) is -3.44. The Balaban J connectivity index is 1.67. The Bertz CT molecular complexity index is 808. The largest absolute Gasteiger partial charge is 0.276 e. The standard InChI is InChI=1S/C12H12N4O2S2/c17-20(18,11-4-2-1-3-5-11)14-7-6-10-8-19-12-15-13-9-16(10)12/h1-5,8-9,14H,6-7H2. The molecule has 8 heteroatoms. The maximum atomic E-state index is 12.0. The normalized spacial score (nSPS) is 12.0. The number of benzene rings is 1. The summed E-state index contributed by atoms with van der Waals surface area (Å²) in [6, 6.07) is 8.34. The third-order valence-electron chi connectivity index (χ3n) is 2.85. The molecule has 0 saturated carbocycles. The van der Waals surface area contributed by atoms with Crippen LogP contribution in [-0.2, 0) is 16.4 Å². The number of sulfonamides is 1. The summed E-state index contributed by atoms with van der Waals surface area (Å²) in [4.78, 5) is 1.09. The van der Waals surface area contributed by atoms with Gasteiger partial charge in [0.2, 0.25) is 15.0 Å². The lowest BCUT2D eigenvalue weighted by Gasteiger charge is -2.06. The van der Waals surface area contributed by atoms with E-state index in [-0.39, 0.29) is 4.90 Å². The highest BCUT2D eigenvalue weighted by atomic mass is 32.2. The summed E-state index contributed by atoms with van der Waals surface area (Å²) in [5, 5.41) is 9.71. The van der Waals surface area contributed by atoms with Crippen molar-refractivity contribution >= 4 is 26.3 Å². The molecule has 0 fully saturated rings. The zero-order valence-corrected chi connectivity index (χ0v) is 12.1. The number of rotatable bonds is 5. The van der Waals surface area contributed by atoms with Gasteiger partial charge in [0, 0.05) is 24.0 Å². The van der Waals surface area contributed by atoms with Gasteiger partial charge in [-0.15, -0.1) is 21.5 Å². The first-order valence-electron chi connectivity index (χ1n) is 5.98. The molecule has 0 aliphatic carbocycles. The number of thiazole rings is 1. The summed E-state index contributed by atoms with van der Waals surface area (Å²) in [6.07, 6.45) is 2.22. The van der Waals surface area contributed by atoms with Crippen molar-refractivity contribution in [2.45, 2.75) is 11.3 Å². The van der Waals surface area contributed by atoms with Gasteiger partial charge in [0.15, 0.2) is 0 Å². The van der Waals surface area contributed by atoms with E-state index in [1.54, 1.807) is 36.7 Å². The molecular formula is C12H12N4O2S2. The maximum Gasteiger partial charge on any atom is 0.240 e. The van der Waals surface area contributed by atoms with Gasteiger partial charge in [-0.25, -0.2) is 13.1 Å². The van der Waals surface area contributed by atoms with Gasteiger partial charge in [-0.05, 0) is 12.1 Å². The molecule has 0 spiro atoms. The number of hydrogen-bond acceptors (Lipinski definition) is 5. The fourth-order valence-electron chi connectivity index (χ4n) is 1.86. The lowest BCUT2D eigenvalue weighted by molar-refractivity contribution is 0.581. The number of nitrogens with zero attached hydrogens (tertiary/aromatic N) is 3. The molecule has 3 rings (SSSR count). The summed E-state index contributed by atoms with van der Waals surface area (Å²) in [6.45, 7) is 0.335. The molecule has 2 heterocycles. The fourth-order valence-corrected chi connectivity index (χ4v) is 3.75. The van der Waals surface area contributed by atoms with Crippen LogP contribution in [0.5, 0.6) is 0 Å². The Morgan fingerprint density at radius 1 is 1.25 bits per heavy atom. The molecule has 104 valence electrons. The Kier molecular flexibility index (Phi) is 3.51. The molecule has 3 aromatic rings. The van der Waals surface area contributed by atoms with Crippen molar-refractivity contribution in [3.05, 3.63) is 47.7 Å². The van der Waals surface area contributed by atoms with Crippen LogP contribution in [0, 0.1) is 0 Å². The van der Waals surface area contributed by atoms with Gasteiger partial charge in [0.25, 0.3) is 0 Å². The Morgan fingerprint density at radius 3 is 2.85 bits per heavy atom.